The Morgan fingerprint density at radius 2 is 2.09 bits per heavy atom. The summed E-state index contributed by atoms with van der Waals surface area (Å²) in [6.07, 6.45) is 9.03. The highest BCUT2D eigenvalue weighted by Gasteiger charge is 2.33. The summed E-state index contributed by atoms with van der Waals surface area (Å²) in [6, 6.07) is 11.2. The van der Waals surface area contributed by atoms with Gasteiger partial charge >= 0.3 is 0 Å². The fourth-order valence-electron chi connectivity index (χ4n) is 3.49. The van der Waals surface area contributed by atoms with Crippen LogP contribution in [0.25, 0.3) is 0 Å². The number of allylic oxidation sites excluding steroid dienone is 3. The molecule has 2 heterocycles. The topological polar surface area (TPSA) is 33.3 Å². The van der Waals surface area contributed by atoms with Crippen LogP contribution in [-0.4, -0.2) is 12.6 Å². The molecule has 22 heavy (non-hydrogen) atoms. The van der Waals surface area contributed by atoms with E-state index in [9.17, 15) is 0 Å². The molecule has 0 saturated heterocycles. The Kier molecular flexibility index (Phi) is 3.35. The van der Waals surface area contributed by atoms with Crippen molar-refractivity contribution in [3.8, 4) is 0 Å². The molecule has 2 atom stereocenters. The summed E-state index contributed by atoms with van der Waals surface area (Å²) in [6.45, 7) is 2.89. The molecular weight excluding hydrogens is 272 g/mol. The molecule has 4 rings (SSSR count). The van der Waals surface area contributed by atoms with Gasteiger partial charge in [-0.3, -0.25) is 0 Å². The molecular formula is C19H20N2O. The lowest BCUT2D eigenvalue weighted by Crippen LogP contribution is -2.32. The van der Waals surface area contributed by atoms with Crippen molar-refractivity contribution in [2.45, 2.75) is 25.4 Å². The van der Waals surface area contributed by atoms with E-state index in [1.807, 2.05) is 12.3 Å². The standard InChI is InChI=1S/C19H20N2O/c1-13(14-5-3-2-4-6-14)21-18-9-16-11-20-10-15-7-8-22-12-17(18)19(15)16/h2-8,10-11,13,18,20-21H,9,12H2,1H3/t13-,18+/m1/s1. The largest absolute Gasteiger partial charge is 0.497 e. The van der Waals surface area contributed by atoms with E-state index < -0.39 is 0 Å². The van der Waals surface area contributed by atoms with Crippen LogP contribution < -0.4 is 10.6 Å². The summed E-state index contributed by atoms with van der Waals surface area (Å²) in [7, 11) is 0. The smallest absolute Gasteiger partial charge is 0.111 e. The van der Waals surface area contributed by atoms with E-state index in [2.05, 4.69) is 54.1 Å². The van der Waals surface area contributed by atoms with Crippen molar-refractivity contribution >= 4 is 0 Å². The first-order chi connectivity index (χ1) is 10.8. The fraction of sp³-hybridized carbons (Fsp3) is 0.263. The first-order valence-corrected chi connectivity index (χ1v) is 7.81. The molecule has 0 bridgehead atoms. The Labute approximate surface area is 131 Å². The Balaban J connectivity index is 1.61. The summed E-state index contributed by atoms with van der Waals surface area (Å²) in [5, 5.41) is 7.03. The molecule has 2 N–H and O–H groups in total. The van der Waals surface area contributed by atoms with E-state index in [0.717, 1.165) is 6.42 Å². The van der Waals surface area contributed by atoms with Crippen LogP contribution >= 0.6 is 0 Å². The van der Waals surface area contributed by atoms with Crippen molar-refractivity contribution in [1.82, 2.24) is 10.6 Å². The fourth-order valence-corrected chi connectivity index (χ4v) is 3.49. The molecule has 3 nitrogen and oxygen atoms in total. The average Bonchev–Trinajstić information content (AvgIpc) is 2.76. The summed E-state index contributed by atoms with van der Waals surface area (Å²) in [5.41, 5.74) is 6.65. The monoisotopic (exact) mass is 292 g/mol. The quantitative estimate of drug-likeness (QED) is 0.896. The normalized spacial score (nSPS) is 23.8. The van der Waals surface area contributed by atoms with Crippen LogP contribution in [0.3, 0.4) is 0 Å². The van der Waals surface area contributed by atoms with Crippen LogP contribution in [0, 0.1) is 0 Å². The van der Waals surface area contributed by atoms with E-state index in [1.54, 1.807) is 6.26 Å². The predicted molar refractivity (Wildman–Crippen MR) is 87.8 cm³/mol. The van der Waals surface area contributed by atoms with Crippen molar-refractivity contribution < 1.29 is 4.74 Å². The SMILES string of the molecule is C[C@@H](N[C@H]1CC2=CNC=C3C=COCC1=C32)c1ccccc1. The maximum atomic E-state index is 5.66. The van der Waals surface area contributed by atoms with Crippen molar-refractivity contribution in [1.29, 1.82) is 0 Å². The van der Waals surface area contributed by atoms with E-state index in [1.165, 1.54) is 27.9 Å². The zero-order chi connectivity index (χ0) is 14.9. The molecule has 0 amide bonds. The highest BCUT2D eigenvalue weighted by atomic mass is 16.5. The molecule has 112 valence electrons. The maximum absolute atomic E-state index is 5.66. The highest BCUT2D eigenvalue weighted by molar-refractivity contribution is 5.61. The van der Waals surface area contributed by atoms with Gasteiger partial charge in [-0.1, -0.05) is 30.3 Å². The predicted octanol–water partition coefficient (Wildman–Crippen LogP) is 3.32. The van der Waals surface area contributed by atoms with Crippen LogP contribution in [0.15, 0.2) is 77.4 Å². The lowest BCUT2D eigenvalue weighted by Gasteiger charge is -2.22. The molecule has 3 aliphatic rings. The van der Waals surface area contributed by atoms with E-state index in [-0.39, 0.29) is 0 Å². The Hall–Kier alpha value is -2.26. The Morgan fingerprint density at radius 3 is 2.95 bits per heavy atom. The van der Waals surface area contributed by atoms with Crippen molar-refractivity contribution in [2.75, 3.05) is 6.61 Å². The van der Waals surface area contributed by atoms with E-state index >= 15 is 0 Å². The van der Waals surface area contributed by atoms with Crippen LogP contribution in [0.1, 0.15) is 24.9 Å². The highest BCUT2D eigenvalue weighted by Crippen LogP contribution is 2.40. The van der Waals surface area contributed by atoms with Crippen LogP contribution in [0.2, 0.25) is 0 Å². The third-order valence-electron chi connectivity index (χ3n) is 4.61. The second-order valence-corrected chi connectivity index (χ2v) is 6.01. The van der Waals surface area contributed by atoms with Gasteiger partial charge in [0.2, 0.25) is 0 Å². The maximum Gasteiger partial charge on any atom is 0.111 e. The van der Waals surface area contributed by atoms with Crippen molar-refractivity contribution in [3.05, 3.63) is 82.9 Å². The minimum Gasteiger partial charge on any atom is -0.497 e. The van der Waals surface area contributed by atoms with Crippen LogP contribution in [-0.2, 0) is 4.74 Å². The molecule has 0 saturated carbocycles. The molecule has 1 aromatic rings. The molecule has 0 aromatic heterocycles. The van der Waals surface area contributed by atoms with Crippen molar-refractivity contribution in [3.63, 3.8) is 0 Å². The summed E-state index contributed by atoms with van der Waals surface area (Å²) in [4.78, 5) is 0. The molecule has 1 aliphatic carbocycles. The molecule has 0 unspecified atom stereocenters. The van der Waals surface area contributed by atoms with Gasteiger partial charge in [0.05, 0.1) is 6.26 Å². The number of hydrogen-bond acceptors (Lipinski definition) is 3. The van der Waals surface area contributed by atoms with Gasteiger partial charge in [0.1, 0.15) is 6.61 Å². The number of hydrogen-bond donors (Lipinski definition) is 2. The minimum absolute atomic E-state index is 0.316. The number of benzene rings is 1. The van der Waals surface area contributed by atoms with Gasteiger partial charge in [-0.05, 0) is 41.7 Å². The molecule has 0 radical (unpaired) electrons. The summed E-state index contributed by atoms with van der Waals surface area (Å²) < 4.78 is 5.66. The zero-order valence-corrected chi connectivity index (χ0v) is 12.7. The zero-order valence-electron chi connectivity index (χ0n) is 12.7. The Bertz CT molecular complexity index is 697. The van der Waals surface area contributed by atoms with Gasteiger partial charge in [0.15, 0.2) is 0 Å². The minimum atomic E-state index is 0.316. The first-order valence-electron chi connectivity index (χ1n) is 7.81. The lowest BCUT2D eigenvalue weighted by atomic mass is 9.98. The van der Waals surface area contributed by atoms with Gasteiger partial charge in [-0.15, -0.1) is 0 Å². The number of rotatable bonds is 3. The molecule has 3 heteroatoms. The molecule has 0 spiro atoms. The molecule has 0 fully saturated rings. The second kappa shape index (κ2) is 5.50. The van der Waals surface area contributed by atoms with Crippen LogP contribution in [0.5, 0.6) is 0 Å². The molecule has 2 aliphatic heterocycles. The third kappa shape index (κ3) is 2.28. The van der Waals surface area contributed by atoms with Gasteiger partial charge in [-0.25, -0.2) is 0 Å². The Morgan fingerprint density at radius 1 is 1.23 bits per heavy atom. The van der Waals surface area contributed by atoms with Gasteiger partial charge in [0.25, 0.3) is 0 Å². The third-order valence-corrected chi connectivity index (χ3v) is 4.61. The number of ether oxygens (including phenoxy) is 1. The summed E-state index contributed by atoms with van der Waals surface area (Å²) >= 11 is 0. The van der Waals surface area contributed by atoms with Gasteiger partial charge in [0, 0.05) is 30.1 Å². The van der Waals surface area contributed by atoms with Gasteiger partial charge < -0.3 is 15.4 Å². The van der Waals surface area contributed by atoms with Crippen molar-refractivity contribution in [2.24, 2.45) is 0 Å². The average molecular weight is 292 g/mol. The lowest BCUT2D eigenvalue weighted by molar-refractivity contribution is 0.271. The molecule has 1 aromatic carbocycles. The number of nitrogens with one attached hydrogen (secondary N) is 2. The second-order valence-electron chi connectivity index (χ2n) is 6.01. The van der Waals surface area contributed by atoms with E-state index in [4.69, 9.17) is 4.74 Å². The van der Waals surface area contributed by atoms with Crippen LogP contribution in [0.4, 0.5) is 0 Å². The summed E-state index contributed by atoms with van der Waals surface area (Å²) in [5.74, 6) is 0. The van der Waals surface area contributed by atoms with Gasteiger partial charge in [-0.2, -0.15) is 0 Å². The first kappa shape index (κ1) is 13.4. The van der Waals surface area contributed by atoms with E-state index in [0.29, 0.717) is 18.7 Å². The number of dihydropyridines is 1.